The van der Waals surface area contributed by atoms with E-state index in [9.17, 15) is 19.2 Å². The number of imide groups is 2. The van der Waals surface area contributed by atoms with Gasteiger partial charge in [0.25, 0.3) is 11.8 Å². The van der Waals surface area contributed by atoms with Gasteiger partial charge in [-0.1, -0.05) is 30.3 Å². The maximum atomic E-state index is 13.2. The highest BCUT2D eigenvalue weighted by atomic mass is 16.5. The molecule has 1 saturated heterocycles. The van der Waals surface area contributed by atoms with E-state index in [-0.39, 0.29) is 17.2 Å². The van der Waals surface area contributed by atoms with Gasteiger partial charge in [-0.25, -0.2) is 9.69 Å². The number of para-hydroxylation sites is 3. The molecule has 1 fully saturated rings. The molecule has 4 amide bonds. The smallest absolute Gasteiger partial charge is 0.336 e. The van der Waals surface area contributed by atoms with Crippen molar-refractivity contribution in [1.82, 2.24) is 9.88 Å². The lowest BCUT2D eigenvalue weighted by Crippen LogP contribution is -2.54. The van der Waals surface area contributed by atoms with Gasteiger partial charge in [0.15, 0.2) is 0 Å². The van der Waals surface area contributed by atoms with E-state index in [4.69, 9.17) is 4.74 Å². The highest BCUT2D eigenvalue weighted by Crippen LogP contribution is 2.32. The molecule has 0 unspecified atom stereocenters. The first kappa shape index (κ1) is 20.1. The SMILES string of the molecule is CCOc1ccccc1N1C(=O)NC(=O)/C(=C\c2cn(C(C)=O)c3ccccc23)C1=O. The van der Waals surface area contributed by atoms with Crippen LogP contribution in [0.25, 0.3) is 17.0 Å². The van der Waals surface area contributed by atoms with Crippen molar-refractivity contribution in [2.45, 2.75) is 13.8 Å². The molecule has 0 bridgehead atoms. The number of hydrogen-bond acceptors (Lipinski definition) is 5. The van der Waals surface area contributed by atoms with Crippen LogP contribution in [0.5, 0.6) is 5.75 Å². The van der Waals surface area contributed by atoms with Crippen LogP contribution in [-0.4, -0.2) is 34.9 Å². The summed E-state index contributed by atoms with van der Waals surface area (Å²) in [5, 5.41) is 2.90. The van der Waals surface area contributed by atoms with Crippen molar-refractivity contribution in [2.24, 2.45) is 0 Å². The Labute approximate surface area is 177 Å². The molecule has 8 heteroatoms. The van der Waals surface area contributed by atoms with E-state index in [1.807, 2.05) is 0 Å². The van der Waals surface area contributed by atoms with Crippen molar-refractivity contribution < 1.29 is 23.9 Å². The second-order valence-corrected chi connectivity index (χ2v) is 6.85. The van der Waals surface area contributed by atoms with E-state index in [1.165, 1.54) is 17.6 Å². The first-order chi connectivity index (χ1) is 14.9. The molecule has 0 saturated carbocycles. The van der Waals surface area contributed by atoms with Gasteiger partial charge in [-0.3, -0.25) is 24.3 Å². The molecule has 1 N–H and O–H groups in total. The van der Waals surface area contributed by atoms with Crippen LogP contribution in [-0.2, 0) is 9.59 Å². The average Bonchev–Trinajstić information content (AvgIpc) is 3.11. The van der Waals surface area contributed by atoms with Crippen LogP contribution < -0.4 is 15.0 Å². The number of nitrogens with zero attached hydrogens (tertiary/aromatic N) is 2. The van der Waals surface area contributed by atoms with Crippen LogP contribution >= 0.6 is 0 Å². The predicted molar refractivity (Wildman–Crippen MR) is 115 cm³/mol. The molecular formula is C23H19N3O5. The summed E-state index contributed by atoms with van der Waals surface area (Å²) in [4.78, 5) is 51.2. The van der Waals surface area contributed by atoms with Crippen molar-refractivity contribution in [3.8, 4) is 5.75 Å². The summed E-state index contributed by atoms with van der Waals surface area (Å²) in [5.41, 5.74) is 1.17. The molecule has 0 spiro atoms. The normalized spacial score (nSPS) is 15.5. The molecule has 4 rings (SSSR count). The van der Waals surface area contributed by atoms with Gasteiger partial charge >= 0.3 is 6.03 Å². The Bertz CT molecular complexity index is 1270. The number of carbonyl (C=O) groups excluding carboxylic acids is 4. The average molecular weight is 417 g/mol. The molecule has 0 radical (unpaired) electrons. The van der Waals surface area contributed by atoms with Crippen LogP contribution in [0.15, 0.2) is 60.3 Å². The minimum atomic E-state index is -0.856. The van der Waals surface area contributed by atoms with Crippen molar-refractivity contribution in [3.63, 3.8) is 0 Å². The maximum Gasteiger partial charge on any atom is 0.336 e. The van der Waals surface area contributed by atoms with Crippen LogP contribution in [0.4, 0.5) is 10.5 Å². The summed E-state index contributed by atoms with van der Waals surface area (Å²) in [7, 11) is 0. The molecule has 1 aromatic heterocycles. The van der Waals surface area contributed by atoms with Gasteiger partial charge in [0, 0.05) is 24.1 Å². The molecule has 2 aromatic carbocycles. The number of fused-ring (bicyclic) bond motifs is 1. The Hall–Kier alpha value is -4.20. The fourth-order valence-corrected chi connectivity index (χ4v) is 3.53. The fraction of sp³-hybridized carbons (Fsp3) is 0.130. The minimum absolute atomic E-state index is 0.206. The van der Waals surface area contributed by atoms with Gasteiger partial charge in [0.05, 0.1) is 17.8 Å². The Morgan fingerprint density at radius 1 is 1.06 bits per heavy atom. The molecular weight excluding hydrogens is 398 g/mol. The first-order valence-electron chi connectivity index (χ1n) is 9.66. The predicted octanol–water partition coefficient (Wildman–Crippen LogP) is 3.37. The first-order valence-corrected chi connectivity index (χ1v) is 9.66. The molecule has 0 aliphatic carbocycles. The summed E-state index contributed by atoms with van der Waals surface area (Å²) >= 11 is 0. The third kappa shape index (κ3) is 3.48. The van der Waals surface area contributed by atoms with Crippen molar-refractivity contribution in [3.05, 3.63) is 65.9 Å². The number of amides is 4. The zero-order valence-corrected chi connectivity index (χ0v) is 16.9. The van der Waals surface area contributed by atoms with Crippen molar-refractivity contribution >= 4 is 46.4 Å². The third-order valence-corrected chi connectivity index (χ3v) is 4.89. The number of ether oxygens (including phenoxy) is 1. The van der Waals surface area contributed by atoms with E-state index < -0.39 is 17.8 Å². The second-order valence-electron chi connectivity index (χ2n) is 6.85. The van der Waals surface area contributed by atoms with Gasteiger partial charge in [-0.2, -0.15) is 0 Å². The number of anilines is 1. The van der Waals surface area contributed by atoms with Crippen LogP contribution in [0.2, 0.25) is 0 Å². The second kappa shape index (κ2) is 7.91. The lowest BCUT2D eigenvalue weighted by molar-refractivity contribution is -0.122. The van der Waals surface area contributed by atoms with Crippen molar-refractivity contribution in [2.75, 3.05) is 11.5 Å². The van der Waals surface area contributed by atoms with Gasteiger partial charge in [0.1, 0.15) is 11.3 Å². The summed E-state index contributed by atoms with van der Waals surface area (Å²) in [6.45, 7) is 3.55. The number of barbiturate groups is 1. The highest BCUT2D eigenvalue weighted by molar-refractivity contribution is 6.39. The third-order valence-electron chi connectivity index (χ3n) is 4.89. The summed E-state index contributed by atoms with van der Waals surface area (Å²) in [6, 6.07) is 12.9. The van der Waals surface area contributed by atoms with E-state index in [1.54, 1.807) is 61.7 Å². The quantitative estimate of drug-likeness (QED) is 0.519. The molecule has 1 aliphatic rings. The number of benzene rings is 2. The molecule has 3 aromatic rings. The lowest BCUT2D eigenvalue weighted by Gasteiger charge is -2.27. The highest BCUT2D eigenvalue weighted by Gasteiger charge is 2.38. The summed E-state index contributed by atoms with van der Waals surface area (Å²) in [6.07, 6.45) is 2.96. The molecule has 0 atom stereocenters. The van der Waals surface area contributed by atoms with Gasteiger partial charge in [-0.15, -0.1) is 0 Å². The standard InChI is InChI=1S/C23H19N3O5/c1-3-31-20-11-7-6-10-19(20)26-22(29)17(21(28)24-23(26)30)12-15-13-25(14(2)27)18-9-5-4-8-16(15)18/h4-13H,3H2,1-2H3,(H,24,28,30)/b17-12+. The molecule has 2 heterocycles. The van der Waals surface area contributed by atoms with E-state index in [0.717, 1.165) is 4.90 Å². The number of rotatable bonds is 4. The van der Waals surface area contributed by atoms with Crippen molar-refractivity contribution in [1.29, 1.82) is 0 Å². The van der Waals surface area contributed by atoms with E-state index >= 15 is 0 Å². The van der Waals surface area contributed by atoms with E-state index in [2.05, 4.69) is 5.32 Å². The Morgan fingerprint density at radius 2 is 1.77 bits per heavy atom. The van der Waals surface area contributed by atoms with Crippen LogP contribution in [0, 0.1) is 0 Å². The molecule has 1 aliphatic heterocycles. The number of nitrogens with one attached hydrogen (secondary N) is 1. The van der Waals surface area contributed by atoms with Crippen LogP contribution in [0.1, 0.15) is 24.2 Å². The van der Waals surface area contributed by atoms with Gasteiger partial charge < -0.3 is 4.74 Å². The number of aromatic nitrogens is 1. The zero-order valence-electron chi connectivity index (χ0n) is 16.9. The summed E-state index contributed by atoms with van der Waals surface area (Å²) in [5.74, 6) is -1.45. The van der Waals surface area contributed by atoms with E-state index in [0.29, 0.717) is 28.8 Å². The Morgan fingerprint density at radius 3 is 2.52 bits per heavy atom. The largest absolute Gasteiger partial charge is 0.492 e. The topological polar surface area (TPSA) is 97.7 Å². The monoisotopic (exact) mass is 417 g/mol. The van der Waals surface area contributed by atoms with Gasteiger partial charge in [0.2, 0.25) is 5.91 Å². The zero-order chi connectivity index (χ0) is 22.1. The fourth-order valence-electron chi connectivity index (χ4n) is 3.53. The van der Waals surface area contributed by atoms with Gasteiger partial charge in [-0.05, 0) is 31.2 Å². The maximum absolute atomic E-state index is 13.2. The number of urea groups is 1. The summed E-state index contributed by atoms with van der Waals surface area (Å²) < 4.78 is 6.98. The number of hydrogen-bond donors (Lipinski definition) is 1. The molecule has 31 heavy (non-hydrogen) atoms. The molecule has 156 valence electrons. The molecule has 8 nitrogen and oxygen atoms in total. The number of carbonyl (C=O) groups is 4. The lowest BCUT2D eigenvalue weighted by atomic mass is 10.1. The Kier molecular flexibility index (Phi) is 5.12. The van der Waals surface area contributed by atoms with Crippen LogP contribution in [0.3, 0.4) is 0 Å². The Balaban J connectivity index is 1.83. The minimum Gasteiger partial charge on any atom is -0.492 e.